The van der Waals surface area contributed by atoms with Crippen molar-refractivity contribution in [1.29, 1.82) is 0 Å². The van der Waals surface area contributed by atoms with Crippen LogP contribution in [0.2, 0.25) is 5.02 Å². The Labute approximate surface area is 338 Å². The number of carbonyl (C=O) groups is 5. The van der Waals surface area contributed by atoms with Gasteiger partial charge in [0.25, 0.3) is 0 Å². The number of Topliss-reactive ketones (excluding diaryl/α,β-unsaturated/α-hetero) is 3. The molecular weight excluding hydrogens is 744 g/mol. The molecule has 300 valence electrons. The van der Waals surface area contributed by atoms with Gasteiger partial charge in [-0.2, -0.15) is 0 Å². The van der Waals surface area contributed by atoms with Crippen molar-refractivity contribution in [2.45, 2.75) is 64.5 Å². The number of nitrogens with two attached hydrogens (primary N) is 2. The van der Waals surface area contributed by atoms with E-state index in [9.17, 15) is 29.1 Å². The fourth-order valence-corrected chi connectivity index (χ4v) is 7.35. The number of benzene rings is 4. The number of ether oxygens (including phenoxy) is 1. The second-order valence-electron chi connectivity index (χ2n) is 14.7. The van der Waals surface area contributed by atoms with Crippen molar-refractivity contribution >= 4 is 40.8 Å². The van der Waals surface area contributed by atoms with Crippen molar-refractivity contribution in [3.8, 4) is 33.8 Å². The van der Waals surface area contributed by atoms with Crippen LogP contribution < -0.4 is 21.5 Å². The molecule has 11 nitrogen and oxygen atoms in total. The number of carbonyl (C=O) groups excluding carboxylic acids is 5. The number of nitrogens with one attached hydrogen (secondary N) is 1. The number of unbranched alkanes of at least 4 members (excludes halogenated alkanes) is 1. The van der Waals surface area contributed by atoms with Crippen LogP contribution >= 0.6 is 11.6 Å². The summed E-state index contributed by atoms with van der Waals surface area (Å²) in [5, 5.41) is 14.6. The van der Waals surface area contributed by atoms with Crippen LogP contribution in [0, 0.1) is 11.8 Å². The number of phenolic OH excluding ortho intramolecular Hbond substituents is 1. The summed E-state index contributed by atoms with van der Waals surface area (Å²) in [6.45, 7) is 3.80. The standard InChI is InChI=1S/C45H51ClN4O7/c1-27-22-41(54)43(33-14-18-42(57-21-20-48)37(25-33)36-23-29(7-17-39(36)52)24-38(28(2)51)49-44(27)55)50(3)45(56)34(6-4-5-19-47)26-40(53)32-10-8-30(9-11-32)31-12-15-35(46)16-13-31/h7-18,23,25,27,34,38,43,52H,4-6,19-22,24,26,47-48H2,1-3H3,(H,49,55)/t27-,34-,38+,43+/m1/s1. The van der Waals surface area contributed by atoms with E-state index in [-0.39, 0.29) is 49.7 Å². The van der Waals surface area contributed by atoms with Gasteiger partial charge in [-0.15, -0.1) is 0 Å². The van der Waals surface area contributed by atoms with E-state index in [2.05, 4.69) is 5.32 Å². The zero-order chi connectivity index (χ0) is 41.2. The molecule has 0 aliphatic carbocycles. The predicted octanol–water partition coefficient (Wildman–Crippen LogP) is 6.46. The highest BCUT2D eigenvalue weighted by Crippen LogP contribution is 2.40. The van der Waals surface area contributed by atoms with Crippen LogP contribution in [0.1, 0.15) is 73.5 Å². The second-order valence-corrected chi connectivity index (χ2v) is 15.2. The molecule has 0 saturated carbocycles. The maximum absolute atomic E-state index is 14.6. The van der Waals surface area contributed by atoms with E-state index in [1.807, 2.05) is 24.3 Å². The first-order valence-corrected chi connectivity index (χ1v) is 19.7. The topological polar surface area (TPSA) is 182 Å². The number of aromatic hydroxyl groups is 1. The van der Waals surface area contributed by atoms with Crippen LogP contribution in [0.5, 0.6) is 11.5 Å². The molecule has 4 aromatic rings. The molecule has 5 rings (SSSR count). The minimum Gasteiger partial charge on any atom is -0.507 e. The first-order chi connectivity index (χ1) is 27.3. The van der Waals surface area contributed by atoms with Gasteiger partial charge in [-0.1, -0.05) is 73.5 Å². The third-order valence-electron chi connectivity index (χ3n) is 10.5. The molecule has 4 aromatic carbocycles. The van der Waals surface area contributed by atoms with Crippen LogP contribution in [0.25, 0.3) is 22.3 Å². The smallest absolute Gasteiger partial charge is 0.226 e. The summed E-state index contributed by atoms with van der Waals surface area (Å²) in [5.74, 6) is -3.12. The number of amides is 2. The summed E-state index contributed by atoms with van der Waals surface area (Å²) in [5.41, 5.74) is 15.8. The van der Waals surface area contributed by atoms with Crippen LogP contribution in [-0.4, -0.2) is 72.0 Å². The van der Waals surface area contributed by atoms with Gasteiger partial charge in [0.05, 0.1) is 6.04 Å². The maximum atomic E-state index is 14.6. The van der Waals surface area contributed by atoms with Gasteiger partial charge < -0.3 is 31.5 Å². The largest absolute Gasteiger partial charge is 0.507 e. The van der Waals surface area contributed by atoms with E-state index < -0.39 is 41.5 Å². The number of fused-ring (bicyclic) bond motifs is 5. The number of phenols is 1. The van der Waals surface area contributed by atoms with Gasteiger partial charge in [-0.3, -0.25) is 24.0 Å². The number of nitrogens with zero attached hydrogens (tertiary/aromatic N) is 1. The van der Waals surface area contributed by atoms with E-state index in [0.717, 1.165) is 11.1 Å². The van der Waals surface area contributed by atoms with E-state index in [4.69, 9.17) is 27.8 Å². The van der Waals surface area contributed by atoms with E-state index >= 15 is 0 Å². The van der Waals surface area contributed by atoms with Gasteiger partial charge in [0, 0.05) is 60.0 Å². The molecule has 0 radical (unpaired) electrons. The molecule has 1 aliphatic rings. The zero-order valence-corrected chi connectivity index (χ0v) is 33.4. The molecule has 12 heteroatoms. The highest BCUT2D eigenvalue weighted by atomic mass is 35.5. The Balaban J connectivity index is 1.54. The Bertz CT molecular complexity index is 2090. The normalized spacial score (nSPS) is 17.5. The number of hydrogen-bond donors (Lipinski definition) is 4. The molecule has 0 spiro atoms. The van der Waals surface area contributed by atoms with Gasteiger partial charge in [0.15, 0.2) is 17.3 Å². The summed E-state index contributed by atoms with van der Waals surface area (Å²) in [6, 6.07) is 22.5. The molecule has 0 unspecified atom stereocenters. The summed E-state index contributed by atoms with van der Waals surface area (Å²) in [6.07, 6.45) is 1.40. The summed E-state index contributed by atoms with van der Waals surface area (Å²) >= 11 is 6.06. The van der Waals surface area contributed by atoms with Gasteiger partial charge >= 0.3 is 0 Å². The number of likely N-dealkylation sites (N-methyl/N-ethyl adjacent to an activating group) is 1. The predicted molar refractivity (Wildman–Crippen MR) is 221 cm³/mol. The zero-order valence-electron chi connectivity index (χ0n) is 32.6. The maximum Gasteiger partial charge on any atom is 0.226 e. The minimum atomic E-state index is -1.18. The SMILES string of the molecule is CC(=O)[C@@H]1Cc2ccc(O)c(c2)-c2cc(ccc2OCCN)[C@H](N(C)C(=O)[C@H](CCCCN)CC(=O)c2ccc(-c3ccc(Cl)cc3)cc2)C(=O)C[C@@H](C)C(=O)N1. The third kappa shape index (κ3) is 10.7. The van der Waals surface area contributed by atoms with Crippen molar-refractivity contribution < 1.29 is 33.8 Å². The highest BCUT2D eigenvalue weighted by Gasteiger charge is 2.36. The monoisotopic (exact) mass is 794 g/mol. The fraction of sp³-hybridized carbons (Fsp3) is 0.356. The quantitative estimate of drug-likeness (QED) is 0.0823. The van der Waals surface area contributed by atoms with Crippen molar-refractivity contribution in [1.82, 2.24) is 10.2 Å². The molecule has 4 atom stereocenters. The van der Waals surface area contributed by atoms with Crippen molar-refractivity contribution in [3.63, 3.8) is 0 Å². The molecule has 0 saturated heterocycles. The summed E-state index contributed by atoms with van der Waals surface area (Å²) < 4.78 is 6.00. The lowest BCUT2D eigenvalue weighted by Gasteiger charge is -2.32. The molecule has 1 heterocycles. The fourth-order valence-electron chi connectivity index (χ4n) is 7.22. The average molecular weight is 795 g/mol. The highest BCUT2D eigenvalue weighted by molar-refractivity contribution is 6.30. The van der Waals surface area contributed by atoms with Crippen LogP contribution in [0.15, 0.2) is 84.9 Å². The molecule has 0 aromatic heterocycles. The lowest BCUT2D eigenvalue weighted by molar-refractivity contribution is -0.142. The molecule has 2 amide bonds. The summed E-state index contributed by atoms with van der Waals surface area (Å²) in [4.78, 5) is 70.5. The Morgan fingerprint density at radius 3 is 2.23 bits per heavy atom. The molecule has 57 heavy (non-hydrogen) atoms. The van der Waals surface area contributed by atoms with E-state index in [1.54, 1.807) is 61.5 Å². The van der Waals surface area contributed by atoms with Crippen molar-refractivity contribution in [2.24, 2.45) is 23.3 Å². The molecular formula is C45H51ClN4O7. The first-order valence-electron chi connectivity index (χ1n) is 19.3. The number of rotatable bonds is 14. The minimum absolute atomic E-state index is 0.0791. The average Bonchev–Trinajstić information content (AvgIpc) is 3.20. The molecule has 6 N–H and O–H groups in total. The van der Waals surface area contributed by atoms with Crippen LogP contribution in [0.3, 0.4) is 0 Å². The van der Waals surface area contributed by atoms with E-state index in [1.165, 1.54) is 24.9 Å². The number of halogens is 1. The number of ketones is 3. The first kappa shape index (κ1) is 42.8. The van der Waals surface area contributed by atoms with Crippen LogP contribution in [-0.2, 0) is 25.6 Å². The third-order valence-corrected chi connectivity index (χ3v) is 10.7. The Kier molecular flexibility index (Phi) is 14.8. The molecule has 1 aliphatic heterocycles. The van der Waals surface area contributed by atoms with Gasteiger partial charge in [0.1, 0.15) is 24.1 Å². The Morgan fingerprint density at radius 1 is 0.895 bits per heavy atom. The van der Waals surface area contributed by atoms with E-state index in [0.29, 0.717) is 64.4 Å². The Morgan fingerprint density at radius 2 is 1.58 bits per heavy atom. The molecule has 4 bridgehead atoms. The van der Waals surface area contributed by atoms with Gasteiger partial charge in [-0.05, 0) is 91.4 Å². The second kappa shape index (κ2) is 19.7. The van der Waals surface area contributed by atoms with Crippen molar-refractivity contribution in [2.75, 3.05) is 26.7 Å². The van der Waals surface area contributed by atoms with Crippen LogP contribution in [0.4, 0.5) is 0 Å². The Hall–Kier alpha value is -5.36. The molecule has 0 fully saturated rings. The van der Waals surface area contributed by atoms with Gasteiger partial charge in [-0.25, -0.2) is 0 Å². The number of hydrogen-bond acceptors (Lipinski definition) is 9. The summed E-state index contributed by atoms with van der Waals surface area (Å²) in [7, 11) is 1.53. The lowest BCUT2D eigenvalue weighted by atomic mass is 9.87. The lowest BCUT2D eigenvalue weighted by Crippen LogP contribution is -2.45. The van der Waals surface area contributed by atoms with Gasteiger partial charge in [0.2, 0.25) is 11.8 Å². The van der Waals surface area contributed by atoms with Crippen molar-refractivity contribution in [3.05, 3.63) is 107 Å².